The summed E-state index contributed by atoms with van der Waals surface area (Å²) >= 11 is 3.47. The average Bonchev–Trinajstić information content (AvgIpc) is 2.65. The molecule has 0 aromatic carbocycles. The summed E-state index contributed by atoms with van der Waals surface area (Å²) in [6, 6.07) is -0.0930. The zero-order valence-electron chi connectivity index (χ0n) is 11.2. The van der Waals surface area contributed by atoms with Crippen molar-refractivity contribution in [1.29, 1.82) is 0 Å². The maximum absolute atomic E-state index is 11.5. The largest absolute Gasteiger partial charge is 0.338 e. The Bertz CT molecular complexity index is 379. The molecule has 18 heavy (non-hydrogen) atoms. The zero-order chi connectivity index (χ0) is 13.4. The van der Waals surface area contributed by atoms with Crippen LogP contribution in [0.2, 0.25) is 0 Å². The first kappa shape index (κ1) is 15.3. The molecule has 2 amide bonds. The quantitative estimate of drug-likeness (QED) is 0.758. The Balaban J connectivity index is 2.15. The van der Waals surface area contributed by atoms with E-state index < -0.39 is 0 Å². The van der Waals surface area contributed by atoms with Gasteiger partial charge in [-0.15, -0.1) is 11.3 Å². The third-order valence-electron chi connectivity index (χ3n) is 2.47. The smallest absolute Gasteiger partial charge is 0.315 e. The third kappa shape index (κ3) is 5.73. The molecule has 0 saturated heterocycles. The van der Waals surface area contributed by atoms with Crippen LogP contribution in [0.25, 0.3) is 0 Å². The minimum atomic E-state index is -0.0930. The van der Waals surface area contributed by atoms with Gasteiger partial charge in [-0.1, -0.05) is 0 Å². The van der Waals surface area contributed by atoms with Gasteiger partial charge in [-0.05, 0) is 38.7 Å². The van der Waals surface area contributed by atoms with Gasteiger partial charge in [-0.25, -0.2) is 9.78 Å². The second kappa shape index (κ2) is 8.37. The van der Waals surface area contributed by atoms with Crippen LogP contribution in [0.1, 0.15) is 28.4 Å². The number of nitrogens with zero attached hydrogens (tertiary/aromatic N) is 1. The van der Waals surface area contributed by atoms with Gasteiger partial charge in [0.2, 0.25) is 0 Å². The lowest BCUT2D eigenvalue weighted by molar-refractivity contribution is 0.240. The highest BCUT2D eigenvalue weighted by molar-refractivity contribution is 7.98. The first-order valence-corrected chi connectivity index (χ1v) is 8.28. The Morgan fingerprint density at radius 3 is 2.72 bits per heavy atom. The first-order chi connectivity index (χ1) is 8.63. The van der Waals surface area contributed by atoms with Crippen molar-refractivity contribution in [3.8, 4) is 0 Å². The number of amides is 2. The number of hydrogen-bond acceptors (Lipinski definition) is 4. The molecule has 0 saturated carbocycles. The number of carbonyl (C=O) groups is 1. The third-order valence-corrected chi connectivity index (χ3v) is 4.24. The van der Waals surface area contributed by atoms with Crippen LogP contribution in [0.3, 0.4) is 0 Å². The minimum absolute atomic E-state index is 0.0930. The molecule has 1 aromatic rings. The van der Waals surface area contributed by atoms with Crippen LogP contribution < -0.4 is 10.6 Å². The highest BCUT2D eigenvalue weighted by Crippen LogP contribution is 2.16. The second-order valence-electron chi connectivity index (χ2n) is 4.05. The summed E-state index contributed by atoms with van der Waals surface area (Å²) in [5.74, 6) is 1.16. The normalized spacial score (nSPS) is 10.4. The molecule has 0 unspecified atom stereocenters. The van der Waals surface area contributed by atoms with Gasteiger partial charge in [0, 0.05) is 11.4 Å². The Morgan fingerprint density at radius 2 is 2.11 bits per heavy atom. The van der Waals surface area contributed by atoms with Crippen LogP contribution in [0, 0.1) is 13.8 Å². The van der Waals surface area contributed by atoms with Gasteiger partial charge in [0.1, 0.15) is 0 Å². The summed E-state index contributed by atoms with van der Waals surface area (Å²) in [7, 11) is 0. The van der Waals surface area contributed by atoms with Crippen molar-refractivity contribution in [3.05, 3.63) is 15.6 Å². The molecule has 0 spiro atoms. The van der Waals surface area contributed by atoms with Crippen molar-refractivity contribution in [2.45, 2.75) is 33.2 Å². The lowest BCUT2D eigenvalue weighted by atomic mass is 10.3. The van der Waals surface area contributed by atoms with Gasteiger partial charge in [0.05, 0.1) is 17.2 Å². The Hall–Kier alpha value is -0.750. The summed E-state index contributed by atoms with van der Waals surface area (Å²) in [5.41, 5.74) is 1.01. The molecule has 0 radical (unpaired) electrons. The number of aryl methyl sites for hydroxylation is 2. The highest BCUT2D eigenvalue weighted by atomic mass is 32.2. The molecule has 2 N–H and O–H groups in total. The molecule has 1 aromatic heterocycles. The zero-order valence-corrected chi connectivity index (χ0v) is 12.8. The topological polar surface area (TPSA) is 54.0 Å². The van der Waals surface area contributed by atoms with Gasteiger partial charge >= 0.3 is 6.03 Å². The molecule has 0 aliphatic carbocycles. The molecule has 6 heteroatoms. The van der Waals surface area contributed by atoms with Crippen molar-refractivity contribution in [1.82, 2.24) is 15.6 Å². The first-order valence-electron chi connectivity index (χ1n) is 6.07. The SMILES string of the molecule is CSCCCCNC(=O)NCc1sc(C)nc1C. The van der Waals surface area contributed by atoms with Crippen molar-refractivity contribution < 1.29 is 4.79 Å². The van der Waals surface area contributed by atoms with Crippen molar-refractivity contribution in [2.75, 3.05) is 18.6 Å². The van der Waals surface area contributed by atoms with E-state index in [1.54, 1.807) is 11.3 Å². The van der Waals surface area contributed by atoms with Gasteiger partial charge in [-0.2, -0.15) is 11.8 Å². The van der Waals surface area contributed by atoms with E-state index >= 15 is 0 Å². The van der Waals surface area contributed by atoms with E-state index in [4.69, 9.17) is 0 Å². The van der Waals surface area contributed by atoms with E-state index in [1.165, 1.54) is 0 Å². The van der Waals surface area contributed by atoms with Crippen LogP contribution >= 0.6 is 23.1 Å². The van der Waals surface area contributed by atoms with E-state index in [-0.39, 0.29) is 6.03 Å². The molecule has 0 atom stereocenters. The van der Waals surface area contributed by atoms with E-state index in [0.29, 0.717) is 6.54 Å². The van der Waals surface area contributed by atoms with Crippen LogP contribution in [0.15, 0.2) is 0 Å². The second-order valence-corrected chi connectivity index (χ2v) is 6.32. The number of urea groups is 1. The number of thiazole rings is 1. The van der Waals surface area contributed by atoms with E-state index in [1.807, 2.05) is 25.6 Å². The molecule has 0 bridgehead atoms. The molecular formula is C12H21N3OS2. The monoisotopic (exact) mass is 287 g/mol. The van der Waals surface area contributed by atoms with Crippen LogP contribution in [-0.2, 0) is 6.54 Å². The van der Waals surface area contributed by atoms with Crippen LogP contribution in [-0.4, -0.2) is 29.6 Å². The molecule has 102 valence electrons. The summed E-state index contributed by atoms with van der Waals surface area (Å²) < 4.78 is 0. The number of thioether (sulfide) groups is 1. The fraction of sp³-hybridized carbons (Fsp3) is 0.667. The number of hydrogen-bond donors (Lipinski definition) is 2. The van der Waals surface area contributed by atoms with Crippen molar-refractivity contribution in [3.63, 3.8) is 0 Å². The Morgan fingerprint density at radius 1 is 1.33 bits per heavy atom. The predicted octanol–water partition coefficient (Wildman–Crippen LogP) is 2.70. The highest BCUT2D eigenvalue weighted by Gasteiger charge is 2.06. The van der Waals surface area contributed by atoms with Crippen molar-refractivity contribution >= 4 is 29.1 Å². The average molecular weight is 287 g/mol. The van der Waals surface area contributed by atoms with Crippen LogP contribution in [0.5, 0.6) is 0 Å². The maximum Gasteiger partial charge on any atom is 0.315 e. The molecule has 4 nitrogen and oxygen atoms in total. The lowest BCUT2D eigenvalue weighted by Crippen LogP contribution is -2.35. The Labute approximate surface area is 117 Å². The molecule has 0 fully saturated rings. The molecule has 0 aliphatic heterocycles. The lowest BCUT2D eigenvalue weighted by Gasteiger charge is -2.06. The predicted molar refractivity (Wildman–Crippen MR) is 79.4 cm³/mol. The summed E-state index contributed by atoms with van der Waals surface area (Å²) in [4.78, 5) is 17.0. The number of carbonyl (C=O) groups excluding carboxylic acids is 1. The summed E-state index contributed by atoms with van der Waals surface area (Å²) in [5, 5.41) is 6.77. The minimum Gasteiger partial charge on any atom is -0.338 e. The van der Waals surface area contributed by atoms with E-state index in [0.717, 1.165) is 40.7 Å². The standard InChI is InChI=1S/C12H21N3OS2/c1-9-11(18-10(2)15-9)8-14-12(16)13-6-4-5-7-17-3/h4-8H2,1-3H3,(H2,13,14,16). The number of aromatic nitrogens is 1. The number of rotatable bonds is 7. The fourth-order valence-electron chi connectivity index (χ4n) is 1.53. The molecule has 1 rings (SSSR count). The summed E-state index contributed by atoms with van der Waals surface area (Å²) in [6.07, 6.45) is 4.28. The molecule has 1 heterocycles. The maximum atomic E-state index is 11.5. The number of unbranched alkanes of at least 4 members (excludes halogenated alkanes) is 1. The van der Waals surface area contributed by atoms with Crippen LogP contribution in [0.4, 0.5) is 4.79 Å². The van der Waals surface area contributed by atoms with Gasteiger partial charge in [0.25, 0.3) is 0 Å². The molecule has 0 aliphatic rings. The van der Waals surface area contributed by atoms with E-state index in [2.05, 4.69) is 21.9 Å². The van der Waals surface area contributed by atoms with E-state index in [9.17, 15) is 4.79 Å². The summed E-state index contributed by atoms with van der Waals surface area (Å²) in [6.45, 7) is 5.26. The van der Waals surface area contributed by atoms with Gasteiger partial charge in [-0.3, -0.25) is 0 Å². The fourth-order valence-corrected chi connectivity index (χ4v) is 2.90. The van der Waals surface area contributed by atoms with Crippen molar-refractivity contribution in [2.24, 2.45) is 0 Å². The number of nitrogens with one attached hydrogen (secondary N) is 2. The van der Waals surface area contributed by atoms with Gasteiger partial charge in [0.15, 0.2) is 0 Å². The Kier molecular flexibility index (Phi) is 7.12. The van der Waals surface area contributed by atoms with Gasteiger partial charge < -0.3 is 10.6 Å². The molecular weight excluding hydrogens is 266 g/mol.